The Labute approximate surface area is 147 Å². The fraction of sp³-hybridized carbons (Fsp3) is 0.0714. The molecule has 2 aromatic heterocycles. The largest absolute Gasteiger partial charge is 0.272 e. The first kappa shape index (κ1) is 16.3. The van der Waals surface area contributed by atoms with E-state index in [9.17, 15) is 8.42 Å². The molecule has 3 aromatic rings. The Kier molecular flexibility index (Phi) is 4.63. The Morgan fingerprint density at radius 2 is 1.83 bits per heavy atom. The van der Waals surface area contributed by atoms with Crippen LogP contribution in [0.2, 0.25) is 9.36 Å². The Morgan fingerprint density at radius 1 is 1.09 bits per heavy atom. The van der Waals surface area contributed by atoms with Crippen LogP contribution < -0.4 is 4.72 Å². The second-order valence-corrected chi connectivity index (χ2v) is 8.75. The van der Waals surface area contributed by atoms with Gasteiger partial charge in [0.05, 0.1) is 10.9 Å². The van der Waals surface area contributed by atoms with Gasteiger partial charge >= 0.3 is 0 Å². The van der Waals surface area contributed by atoms with E-state index in [1.54, 1.807) is 35.1 Å². The van der Waals surface area contributed by atoms with Gasteiger partial charge in [-0.15, -0.1) is 11.3 Å². The van der Waals surface area contributed by atoms with Crippen molar-refractivity contribution in [2.24, 2.45) is 0 Å². The van der Waals surface area contributed by atoms with Gasteiger partial charge in [-0.05, 0) is 29.8 Å². The number of aromatic nitrogens is 2. The fourth-order valence-corrected chi connectivity index (χ4v) is 4.52. The van der Waals surface area contributed by atoms with E-state index in [0.29, 0.717) is 15.9 Å². The number of nitrogens with zero attached hydrogens (tertiary/aromatic N) is 2. The summed E-state index contributed by atoms with van der Waals surface area (Å²) in [6.07, 6.45) is 1.70. The quantitative estimate of drug-likeness (QED) is 0.716. The Morgan fingerprint density at radius 3 is 2.48 bits per heavy atom. The lowest BCUT2D eigenvalue weighted by molar-refractivity contribution is 0.602. The molecule has 0 saturated carbocycles. The summed E-state index contributed by atoms with van der Waals surface area (Å²) in [5, 5.41) is 4.87. The second-order valence-electron chi connectivity index (χ2n) is 4.69. The van der Waals surface area contributed by atoms with Crippen LogP contribution in [0.5, 0.6) is 0 Å². The van der Waals surface area contributed by atoms with E-state index < -0.39 is 10.0 Å². The van der Waals surface area contributed by atoms with Crippen LogP contribution in [0.4, 0.5) is 5.82 Å². The van der Waals surface area contributed by atoms with E-state index in [-0.39, 0.29) is 10.0 Å². The third kappa shape index (κ3) is 4.06. The van der Waals surface area contributed by atoms with E-state index in [0.717, 1.165) is 16.9 Å². The van der Waals surface area contributed by atoms with Gasteiger partial charge < -0.3 is 0 Å². The lowest BCUT2D eigenvalue weighted by Gasteiger charge is -2.04. The summed E-state index contributed by atoms with van der Waals surface area (Å²) < 4.78 is 29.0. The number of thiophene rings is 1. The fourth-order valence-electron chi connectivity index (χ4n) is 1.91. The van der Waals surface area contributed by atoms with E-state index in [1.807, 2.05) is 12.1 Å². The molecule has 0 saturated heterocycles. The molecule has 0 aliphatic carbocycles. The average Bonchev–Trinajstić information content (AvgIpc) is 3.11. The normalized spacial score (nSPS) is 11.6. The molecule has 120 valence electrons. The molecule has 2 heterocycles. The smallest absolute Gasteiger partial charge is 0.266 e. The molecule has 5 nitrogen and oxygen atoms in total. The van der Waals surface area contributed by atoms with Gasteiger partial charge in [-0.25, -0.2) is 8.42 Å². The van der Waals surface area contributed by atoms with Crippen LogP contribution in [-0.2, 0) is 16.6 Å². The predicted octanol–water partition coefficient (Wildman–Crippen LogP) is 4.10. The summed E-state index contributed by atoms with van der Waals surface area (Å²) in [7, 11) is -3.67. The molecular weight excluding hydrogens is 377 g/mol. The summed E-state index contributed by atoms with van der Waals surface area (Å²) in [6.45, 7) is 0.518. The molecule has 1 N–H and O–H groups in total. The molecule has 0 radical (unpaired) electrons. The van der Waals surface area contributed by atoms with Crippen molar-refractivity contribution in [2.75, 3.05) is 4.72 Å². The van der Waals surface area contributed by atoms with Crippen molar-refractivity contribution in [2.45, 2.75) is 10.8 Å². The van der Waals surface area contributed by atoms with Crippen LogP contribution in [0.1, 0.15) is 5.56 Å². The van der Waals surface area contributed by atoms with Crippen molar-refractivity contribution in [3.05, 3.63) is 63.6 Å². The van der Waals surface area contributed by atoms with Crippen LogP contribution in [0.25, 0.3) is 0 Å². The second kappa shape index (κ2) is 6.52. The highest BCUT2D eigenvalue weighted by molar-refractivity contribution is 7.94. The zero-order chi connectivity index (χ0) is 16.4. The van der Waals surface area contributed by atoms with E-state index >= 15 is 0 Å². The minimum absolute atomic E-state index is 0.148. The third-order valence-electron chi connectivity index (χ3n) is 2.95. The highest BCUT2D eigenvalue weighted by Gasteiger charge is 2.17. The molecule has 0 bridgehead atoms. The van der Waals surface area contributed by atoms with Crippen molar-refractivity contribution in [3.8, 4) is 0 Å². The number of sulfonamides is 1. The monoisotopic (exact) mass is 387 g/mol. The molecule has 0 unspecified atom stereocenters. The number of nitrogens with one attached hydrogen (secondary N) is 1. The Balaban J connectivity index is 1.73. The van der Waals surface area contributed by atoms with Gasteiger partial charge in [-0.1, -0.05) is 35.3 Å². The van der Waals surface area contributed by atoms with Gasteiger partial charge in [0.2, 0.25) is 0 Å². The third-order valence-corrected chi connectivity index (χ3v) is 6.28. The maximum Gasteiger partial charge on any atom is 0.272 e. The number of rotatable bonds is 5. The van der Waals surface area contributed by atoms with Gasteiger partial charge in [0, 0.05) is 17.3 Å². The maximum atomic E-state index is 12.2. The van der Waals surface area contributed by atoms with Gasteiger partial charge in [0.25, 0.3) is 10.0 Å². The molecule has 0 aliphatic heterocycles. The van der Waals surface area contributed by atoms with Crippen LogP contribution in [0.3, 0.4) is 0 Å². The van der Waals surface area contributed by atoms with Crippen molar-refractivity contribution in [3.63, 3.8) is 0 Å². The average molecular weight is 388 g/mol. The minimum Gasteiger partial charge on any atom is -0.266 e. The molecule has 23 heavy (non-hydrogen) atoms. The minimum atomic E-state index is -3.67. The summed E-state index contributed by atoms with van der Waals surface area (Å²) in [4.78, 5) is 0. The van der Waals surface area contributed by atoms with Crippen LogP contribution in [0, 0.1) is 0 Å². The van der Waals surface area contributed by atoms with Gasteiger partial charge in [0.15, 0.2) is 5.82 Å². The van der Waals surface area contributed by atoms with E-state index in [4.69, 9.17) is 23.2 Å². The molecule has 0 spiro atoms. The zero-order valence-corrected chi connectivity index (χ0v) is 14.8. The predicted molar refractivity (Wildman–Crippen MR) is 92.9 cm³/mol. The lowest BCUT2D eigenvalue weighted by atomic mass is 10.2. The molecule has 0 atom stereocenters. The topological polar surface area (TPSA) is 64.0 Å². The summed E-state index contributed by atoms with van der Waals surface area (Å²) in [6, 6.07) is 12.0. The van der Waals surface area contributed by atoms with E-state index in [2.05, 4.69) is 9.82 Å². The molecule has 0 fully saturated rings. The first-order chi connectivity index (χ1) is 10.9. The number of benzene rings is 1. The molecule has 9 heteroatoms. The van der Waals surface area contributed by atoms with Gasteiger partial charge in [0.1, 0.15) is 4.21 Å². The number of hydrogen-bond donors (Lipinski definition) is 1. The lowest BCUT2D eigenvalue weighted by Crippen LogP contribution is -2.12. The van der Waals surface area contributed by atoms with Crippen LogP contribution in [-0.4, -0.2) is 18.2 Å². The first-order valence-corrected chi connectivity index (χ1v) is 9.54. The Bertz CT molecular complexity index is 918. The van der Waals surface area contributed by atoms with Crippen LogP contribution in [0.15, 0.2) is 52.9 Å². The summed E-state index contributed by atoms with van der Waals surface area (Å²) in [5.74, 6) is 0.253. The molecular formula is C14H11Cl2N3O2S2. The summed E-state index contributed by atoms with van der Waals surface area (Å²) in [5.41, 5.74) is 1.01. The zero-order valence-electron chi connectivity index (χ0n) is 11.6. The standard InChI is InChI=1S/C14H11Cl2N3O2S2/c15-11-3-1-10(2-4-11)9-19-8-7-13(17-19)18-23(20,21)14-6-5-12(16)22-14/h1-8H,9H2,(H,17,18). The molecule has 0 aliphatic rings. The van der Waals surface area contributed by atoms with E-state index in [1.165, 1.54) is 6.07 Å². The number of halogens is 2. The summed E-state index contributed by atoms with van der Waals surface area (Å²) >= 11 is 12.6. The number of anilines is 1. The van der Waals surface area contributed by atoms with Gasteiger partial charge in [-0.3, -0.25) is 9.40 Å². The maximum absolute atomic E-state index is 12.2. The SMILES string of the molecule is O=S(=O)(Nc1ccn(Cc2ccc(Cl)cc2)n1)c1ccc(Cl)s1. The highest BCUT2D eigenvalue weighted by atomic mass is 35.5. The van der Waals surface area contributed by atoms with Crippen LogP contribution >= 0.6 is 34.5 Å². The van der Waals surface area contributed by atoms with Crippen molar-refractivity contribution in [1.29, 1.82) is 0 Å². The Hall–Kier alpha value is -1.54. The van der Waals surface area contributed by atoms with Crippen molar-refractivity contribution >= 4 is 50.4 Å². The van der Waals surface area contributed by atoms with Gasteiger partial charge in [-0.2, -0.15) is 5.10 Å². The first-order valence-electron chi connectivity index (χ1n) is 6.48. The number of hydrogen-bond acceptors (Lipinski definition) is 4. The van der Waals surface area contributed by atoms with Crippen molar-refractivity contribution < 1.29 is 8.42 Å². The van der Waals surface area contributed by atoms with Crippen molar-refractivity contribution in [1.82, 2.24) is 9.78 Å². The molecule has 1 aromatic carbocycles. The highest BCUT2D eigenvalue weighted by Crippen LogP contribution is 2.26. The molecule has 3 rings (SSSR count). The molecule has 0 amide bonds.